The average Bonchev–Trinajstić information content (AvgIpc) is 2.76. The van der Waals surface area contributed by atoms with E-state index in [1.54, 1.807) is 36.4 Å². The summed E-state index contributed by atoms with van der Waals surface area (Å²) in [6, 6.07) is 12.1. The van der Waals surface area contributed by atoms with E-state index in [9.17, 15) is 14.7 Å². The van der Waals surface area contributed by atoms with Crippen molar-refractivity contribution in [2.75, 3.05) is 12.0 Å². The Morgan fingerprint density at radius 1 is 0.917 bits per heavy atom. The lowest BCUT2D eigenvalue weighted by molar-refractivity contribution is -0.121. The number of aliphatic hydroxyl groups excluding tert-OH is 1. The number of anilines is 1. The zero-order valence-corrected chi connectivity index (χ0v) is 13.7. The number of amides is 2. The molecule has 2 aromatic carbocycles. The zero-order valence-electron chi connectivity index (χ0n) is 13.7. The maximum absolute atomic E-state index is 12.8. The van der Waals surface area contributed by atoms with Gasteiger partial charge >= 0.3 is 5.91 Å². The number of carbonyl (C=O) groups is 2. The van der Waals surface area contributed by atoms with E-state index in [0.29, 0.717) is 17.0 Å². The Labute approximate surface area is 139 Å². The molecule has 122 valence electrons. The molecule has 1 N–H and O–H groups in total. The summed E-state index contributed by atoms with van der Waals surface area (Å²) in [7, 11) is 1.54. The molecule has 0 spiro atoms. The van der Waals surface area contributed by atoms with Gasteiger partial charge in [-0.15, -0.1) is 0 Å². The van der Waals surface area contributed by atoms with Crippen LogP contribution in [-0.4, -0.2) is 24.0 Å². The minimum atomic E-state index is -0.712. The van der Waals surface area contributed by atoms with Gasteiger partial charge in [-0.05, 0) is 54.8 Å². The first-order chi connectivity index (χ1) is 11.4. The highest BCUT2D eigenvalue weighted by molar-refractivity contribution is 6.44. The number of hydrogen-bond acceptors (Lipinski definition) is 4. The van der Waals surface area contributed by atoms with E-state index in [0.717, 1.165) is 16.0 Å². The Bertz CT molecular complexity index is 845. The molecule has 0 saturated carbocycles. The van der Waals surface area contributed by atoms with Gasteiger partial charge in [-0.3, -0.25) is 9.59 Å². The molecule has 2 amide bonds. The average molecular weight is 323 g/mol. The van der Waals surface area contributed by atoms with Crippen LogP contribution in [0.15, 0.2) is 48.2 Å². The molecule has 24 heavy (non-hydrogen) atoms. The van der Waals surface area contributed by atoms with E-state index in [4.69, 9.17) is 4.74 Å². The number of rotatable bonds is 3. The van der Waals surface area contributed by atoms with Crippen LogP contribution >= 0.6 is 0 Å². The number of methoxy groups -OCH3 is 1. The van der Waals surface area contributed by atoms with Crippen LogP contribution in [0.2, 0.25) is 0 Å². The van der Waals surface area contributed by atoms with Gasteiger partial charge in [0.2, 0.25) is 0 Å². The maximum Gasteiger partial charge on any atom is 0.301 e. The minimum Gasteiger partial charge on any atom is -0.502 e. The number of aliphatic hydroxyl groups is 1. The number of benzene rings is 2. The Kier molecular flexibility index (Phi) is 3.85. The van der Waals surface area contributed by atoms with Gasteiger partial charge in [0.05, 0.1) is 18.4 Å². The lowest BCUT2D eigenvalue weighted by Gasteiger charge is -2.16. The van der Waals surface area contributed by atoms with Gasteiger partial charge in [0.25, 0.3) is 5.91 Å². The van der Waals surface area contributed by atoms with E-state index in [1.807, 2.05) is 19.9 Å². The van der Waals surface area contributed by atoms with E-state index in [2.05, 4.69) is 0 Å². The van der Waals surface area contributed by atoms with Gasteiger partial charge in [-0.2, -0.15) is 0 Å². The van der Waals surface area contributed by atoms with Crippen LogP contribution in [0.4, 0.5) is 5.69 Å². The number of hydrogen-bond donors (Lipinski definition) is 1. The van der Waals surface area contributed by atoms with Gasteiger partial charge in [0.1, 0.15) is 5.75 Å². The molecule has 0 unspecified atom stereocenters. The van der Waals surface area contributed by atoms with Crippen LogP contribution in [-0.2, 0) is 9.59 Å². The van der Waals surface area contributed by atoms with Crippen LogP contribution in [0.5, 0.6) is 5.75 Å². The van der Waals surface area contributed by atoms with Crippen molar-refractivity contribution >= 4 is 23.1 Å². The van der Waals surface area contributed by atoms with Crippen LogP contribution in [0.3, 0.4) is 0 Å². The van der Waals surface area contributed by atoms with E-state index >= 15 is 0 Å². The summed E-state index contributed by atoms with van der Waals surface area (Å²) in [5.41, 5.74) is 2.80. The quantitative estimate of drug-likeness (QED) is 0.881. The predicted molar refractivity (Wildman–Crippen MR) is 91.0 cm³/mol. The molecule has 0 aromatic heterocycles. The smallest absolute Gasteiger partial charge is 0.301 e. The highest BCUT2D eigenvalue weighted by Gasteiger charge is 2.40. The summed E-state index contributed by atoms with van der Waals surface area (Å²) in [5.74, 6) is -1.16. The van der Waals surface area contributed by atoms with Crippen molar-refractivity contribution in [3.8, 4) is 5.75 Å². The normalized spacial score (nSPS) is 14.5. The third-order valence-corrected chi connectivity index (χ3v) is 3.90. The van der Waals surface area contributed by atoms with Crippen molar-refractivity contribution in [1.29, 1.82) is 0 Å². The Morgan fingerprint density at radius 3 is 2.04 bits per heavy atom. The summed E-state index contributed by atoms with van der Waals surface area (Å²) < 4.78 is 5.08. The standard InChI is InChI=1S/C19H17NO4/c1-11-8-12(2)10-14(9-11)20-18(22)16(17(21)19(20)23)13-4-6-15(24-3)7-5-13/h4-10,21H,1-3H3. The molecule has 1 heterocycles. The Morgan fingerprint density at radius 2 is 1.50 bits per heavy atom. The molecular formula is C19H17NO4. The second kappa shape index (κ2) is 5.85. The SMILES string of the molecule is COc1ccc(C2=C(O)C(=O)N(c3cc(C)cc(C)c3)C2=O)cc1. The molecule has 5 heteroatoms. The van der Waals surface area contributed by atoms with Crippen molar-refractivity contribution in [3.05, 3.63) is 64.9 Å². The third kappa shape index (κ3) is 2.54. The fourth-order valence-electron chi connectivity index (χ4n) is 2.85. The number of aryl methyl sites for hydroxylation is 2. The number of imide groups is 1. The highest BCUT2D eigenvalue weighted by atomic mass is 16.5. The monoisotopic (exact) mass is 323 g/mol. The van der Waals surface area contributed by atoms with Crippen molar-refractivity contribution in [1.82, 2.24) is 0 Å². The van der Waals surface area contributed by atoms with Crippen LogP contribution in [0.1, 0.15) is 16.7 Å². The molecule has 3 rings (SSSR count). The van der Waals surface area contributed by atoms with E-state index < -0.39 is 17.6 Å². The Balaban J connectivity index is 2.03. The molecule has 0 saturated heterocycles. The first kappa shape index (κ1) is 15.8. The summed E-state index contributed by atoms with van der Waals surface area (Å²) in [6.07, 6.45) is 0. The molecule has 5 nitrogen and oxygen atoms in total. The van der Waals surface area contributed by atoms with E-state index in [-0.39, 0.29) is 5.57 Å². The summed E-state index contributed by atoms with van der Waals surface area (Å²) >= 11 is 0. The lowest BCUT2D eigenvalue weighted by Crippen LogP contribution is -2.31. The van der Waals surface area contributed by atoms with Gasteiger partial charge in [0.15, 0.2) is 5.76 Å². The summed E-state index contributed by atoms with van der Waals surface area (Å²) in [6.45, 7) is 3.78. The lowest BCUT2D eigenvalue weighted by atomic mass is 10.1. The van der Waals surface area contributed by atoms with Gasteiger partial charge < -0.3 is 9.84 Å². The number of nitrogens with zero attached hydrogens (tertiary/aromatic N) is 1. The number of ether oxygens (including phenoxy) is 1. The predicted octanol–water partition coefficient (Wildman–Crippen LogP) is 3.15. The van der Waals surface area contributed by atoms with Gasteiger partial charge in [-0.1, -0.05) is 18.2 Å². The first-order valence-corrected chi connectivity index (χ1v) is 7.47. The molecule has 0 fully saturated rings. The molecule has 0 bridgehead atoms. The summed E-state index contributed by atoms with van der Waals surface area (Å²) in [4.78, 5) is 26.2. The fraction of sp³-hybridized carbons (Fsp3) is 0.158. The number of carbonyl (C=O) groups excluding carboxylic acids is 2. The molecular weight excluding hydrogens is 306 g/mol. The fourth-order valence-corrected chi connectivity index (χ4v) is 2.85. The molecule has 1 aliphatic heterocycles. The molecule has 2 aromatic rings. The van der Waals surface area contributed by atoms with Crippen molar-refractivity contribution in [2.45, 2.75) is 13.8 Å². The van der Waals surface area contributed by atoms with Gasteiger partial charge in [0, 0.05) is 0 Å². The largest absolute Gasteiger partial charge is 0.502 e. The third-order valence-electron chi connectivity index (χ3n) is 3.90. The second-order valence-corrected chi connectivity index (χ2v) is 5.74. The van der Waals surface area contributed by atoms with Crippen LogP contribution in [0.25, 0.3) is 5.57 Å². The van der Waals surface area contributed by atoms with Crippen LogP contribution < -0.4 is 9.64 Å². The first-order valence-electron chi connectivity index (χ1n) is 7.47. The molecule has 0 radical (unpaired) electrons. The van der Waals surface area contributed by atoms with E-state index in [1.165, 1.54) is 7.11 Å². The highest BCUT2D eigenvalue weighted by Crippen LogP contribution is 2.33. The minimum absolute atomic E-state index is 0.00168. The summed E-state index contributed by atoms with van der Waals surface area (Å²) in [5, 5.41) is 10.2. The molecule has 0 atom stereocenters. The zero-order chi connectivity index (χ0) is 17.4. The van der Waals surface area contributed by atoms with Crippen molar-refractivity contribution in [2.24, 2.45) is 0 Å². The van der Waals surface area contributed by atoms with Crippen LogP contribution in [0, 0.1) is 13.8 Å². The van der Waals surface area contributed by atoms with Crippen molar-refractivity contribution in [3.63, 3.8) is 0 Å². The van der Waals surface area contributed by atoms with Gasteiger partial charge in [-0.25, -0.2) is 4.90 Å². The molecule has 1 aliphatic rings. The molecule has 0 aliphatic carbocycles. The van der Waals surface area contributed by atoms with Crippen molar-refractivity contribution < 1.29 is 19.4 Å². The Hall–Kier alpha value is -3.08. The topological polar surface area (TPSA) is 66.8 Å². The second-order valence-electron chi connectivity index (χ2n) is 5.74. The maximum atomic E-state index is 12.8.